The van der Waals surface area contributed by atoms with Crippen LogP contribution in [0.4, 0.5) is 0 Å². The molecule has 1 amide bonds. The Morgan fingerprint density at radius 1 is 1.47 bits per heavy atom. The van der Waals surface area contributed by atoms with Crippen LogP contribution in [0.1, 0.15) is 5.56 Å². The van der Waals surface area contributed by atoms with E-state index in [1.165, 1.54) is 11.1 Å². The van der Waals surface area contributed by atoms with Crippen LogP contribution in [0.2, 0.25) is 5.02 Å². The lowest BCUT2D eigenvalue weighted by atomic mass is 10.2. The zero-order valence-corrected chi connectivity index (χ0v) is 10.9. The molecule has 0 aromatic heterocycles. The third kappa shape index (κ3) is 4.24. The Kier molecular flexibility index (Phi) is 5.25. The Bertz CT molecular complexity index is 422. The number of nitrogens with zero attached hydrogens (tertiary/aromatic N) is 2. The zero-order valence-electron chi connectivity index (χ0n) is 9.43. The van der Waals surface area contributed by atoms with Crippen LogP contribution in [-0.4, -0.2) is 36.7 Å². The largest absolute Gasteiger partial charge is 0.366 e. The number of hydrogen-bond donors (Lipinski definition) is 0. The maximum absolute atomic E-state index is 11.3. The molecule has 1 atom stereocenters. The summed E-state index contributed by atoms with van der Waals surface area (Å²) in [6, 6.07) is 7.12. The third-order valence-corrected chi connectivity index (χ3v) is 2.50. The summed E-state index contributed by atoms with van der Waals surface area (Å²) >= 11 is 11.6. The van der Waals surface area contributed by atoms with Crippen LogP contribution in [0, 0.1) is 0 Å². The highest BCUT2D eigenvalue weighted by Crippen LogP contribution is 2.12. The Morgan fingerprint density at radius 2 is 2.12 bits per heavy atom. The smallest absolute Gasteiger partial charge is 0.281 e. The quantitative estimate of drug-likeness (QED) is 0.481. The molecular weight excluding hydrogens is 263 g/mol. The summed E-state index contributed by atoms with van der Waals surface area (Å²) in [5.41, 5.74) is -0.445. The fraction of sp³-hybridized carbons (Fsp3) is 0.273. The normalized spacial score (nSPS) is 12.5. The molecule has 1 unspecified atom stereocenters. The van der Waals surface area contributed by atoms with Gasteiger partial charge >= 0.3 is 0 Å². The van der Waals surface area contributed by atoms with Gasteiger partial charge in [0.05, 0.1) is 6.21 Å². The summed E-state index contributed by atoms with van der Waals surface area (Å²) in [7, 11) is 3.16. The second kappa shape index (κ2) is 6.47. The molecule has 0 radical (unpaired) electrons. The second-order valence-electron chi connectivity index (χ2n) is 3.41. The van der Waals surface area contributed by atoms with E-state index in [-0.39, 0.29) is 5.91 Å². The molecule has 0 aliphatic rings. The van der Waals surface area contributed by atoms with Gasteiger partial charge in [-0.2, -0.15) is 0 Å². The molecule has 6 heteroatoms. The van der Waals surface area contributed by atoms with Gasteiger partial charge in [-0.25, -0.2) is 0 Å². The van der Waals surface area contributed by atoms with Crippen molar-refractivity contribution in [3.63, 3.8) is 0 Å². The first-order valence-electron chi connectivity index (χ1n) is 4.81. The summed E-state index contributed by atoms with van der Waals surface area (Å²) in [4.78, 5) is 17.5. The molecule has 0 heterocycles. The van der Waals surface area contributed by atoms with Crippen LogP contribution in [0.25, 0.3) is 0 Å². The molecule has 0 aliphatic heterocycles. The molecule has 0 fully saturated rings. The average molecular weight is 275 g/mol. The van der Waals surface area contributed by atoms with E-state index in [1.807, 2.05) is 6.07 Å². The second-order valence-corrected chi connectivity index (χ2v) is 4.21. The van der Waals surface area contributed by atoms with Crippen molar-refractivity contribution in [2.45, 2.75) is 5.56 Å². The van der Waals surface area contributed by atoms with Gasteiger partial charge in [0.2, 0.25) is 0 Å². The number of carbonyl (C=O) groups is 1. The van der Waals surface area contributed by atoms with E-state index < -0.39 is 5.56 Å². The van der Waals surface area contributed by atoms with Crippen LogP contribution >= 0.6 is 23.2 Å². The van der Waals surface area contributed by atoms with Crippen LogP contribution < -0.4 is 0 Å². The van der Waals surface area contributed by atoms with E-state index in [0.29, 0.717) is 10.6 Å². The molecule has 0 bridgehead atoms. The van der Waals surface area contributed by atoms with E-state index in [1.54, 1.807) is 32.3 Å². The average Bonchev–Trinajstić information content (AvgIpc) is 2.30. The molecule has 0 saturated carbocycles. The van der Waals surface area contributed by atoms with Gasteiger partial charge in [0, 0.05) is 24.7 Å². The maximum Gasteiger partial charge on any atom is 0.281 e. The molecule has 0 saturated heterocycles. The molecule has 1 rings (SSSR count). The molecule has 0 N–H and O–H groups in total. The first-order valence-corrected chi connectivity index (χ1v) is 5.62. The van der Waals surface area contributed by atoms with E-state index in [0.717, 1.165) is 0 Å². The fourth-order valence-corrected chi connectivity index (χ4v) is 1.39. The van der Waals surface area contributed by atoms with Gasteiger partial charge in [0.25, 0.3) is 11.5 Å². The number of amides is 1. The molecule has 0 aliphatic carbocycles. The van der Waals surface area contributed by atoms with Gasteiger partial charge in [-0.05, 0) is 6.07 Å². The van der Waals surface area contributed by atoms with Crippen molar-refractivity contribution in [3.8, 4) is 0 Å². The van der Waals surface area contributed by atoms with Crippen molar-refractivity contribution in [2.75, 3.05) is 14.1 Å². The number of carbonyl (C=O) groups excluding carboxylic acids is 1. The predicted octanol–water partition coefficient (Wildman–Crippen LogP) is 2.34. The van der Waals surface area contributed by atoms with Crippen LogP contribution in [0.5, 0.6) is 0 Å². The first-order chi connectivity index (χ1) is 8.02. The minimum absolute atomic E-state index is 0.372. The van der Waals surface area contributed by atoms with Gasteiger partial charge in [0.15, 0.2) is 0 Å². The van der Waals surface area contributed by atoms with Crippen molar-refractivity contribution < 1.29 is 9.63 Å². The number of alkyl halides is 1. The summed E-state index contributed by atoms with van der Waals surface area (Å²) in [5, 5.41) is 4.16. The molecule has 92 valence electrons. The van der Waals surface area contributed by atoms with Gasteiger partial charge in [-0.15, -0.1) is 0 Å². The van der Waals surface area contributed by atoms with Gasteiger partial charge in [0.1, 0.15) is 0 Å². The molecule has 4 nitrogen and oxygen atoms in total. The summed E-state index contributed by atoms with van der Waals surface area (Å²) in [6.45, 7) is 0. The summed E-state index contributed by atoms with van der Waals surface area (Å²) in [6.07, 6.45) is 1.40. The first kappa shape index (κ1) is 13.8. The van der Waals surface area contributed by atoms with E-state index in [2.05, 4.69) is 5.16 Å². The predicted molar refractivity (Wildman–Crippen MR) is 68.5 cm³/mol. The van der Waals surface area contributed by atoms with Crippen molar-refractivity contribution >= 4 is 35.3 Å². The van der Waals surface area contributed by atoms with Crippen LogP contribution in [0.15, 0.2) is 29.4 Å². The van der Waals surface area contributed by atoms with Crippen LogP contribution in [-0.2, 0) is 9.63 Å². The van der Waals surface area contributed by atoms with Crippen molar-refractivity contribution in [3.05, 3.63) is 34.9 Å². The SMILES string of the molecule is CN(C)C(=O)C(Cl)ON=Cc1ccccc1Cl. The summed E-state index contributed by atoms with van der Waals surface area (Å²) in [5.74, 6) is -0.372. The molecule has 1 aromatic rings. The lowest BCUT2D eigenvalue weighted by Gasteiger charge is -2.12. The Hall–Kier alpha value is -1.26. The maximum atomic E-state index is 11.3. The fourth-order valence-electron chi connectivity index (χ4n) is 0.969. The highest BCUT2D eigenvalue weighted by atomic mass is 35.5. The third-order valence-electron chi connectivity index (χ3n) is 1.89. The monoisotopic (exact) mass is 274 g/mol. The lowest BCUT2D eigenvalue weighted by Crippen LogP contribution is -2.31. The number of rotatable bonds is 4. The molecule has 17 heavy (non-hydrogen) atoms. The van der Waals surface area contributed by atoms with E-state index in [9.17, 15) is 4.79 Å². The number of hydrogen-bond acceptors (Lipinski definition) is 3. The van der Waals surface area contributed by atoms with Gasteiger partial charge < -0.3 is 9.74 Å². The van der Waals surface area contributed by atoms with Crippen molar-refractivity contribution in [2.24, 2.45) is 5.16 Å². The number of oxime groups is 1. The molecule has 0 spiro atoms. The van der Waals surface area contributed by atoms with Gasteiger partial charge in [-0.1, -0.05) is 46.6 Å². The number of halogens is 2. The van der Waals surface area contributed by atoms with Crippen molar-refractivity contribution in [1.82, 2.24) is 4.90 Å². The Labute approximate surface area is 110 Å². The minimum Gasteiger partial charge on any atom is -0.366 e. The van der Waals surface area contributed by atoms with Gasteiger partial charge in [-0.3, -0.25) is 4.79 Å². The minimum atomic E-state index is -1.14. The Balaban J connectivity index is 2.57. The van der Waals surface area contributed by atoms with Crippen LogP contribution in [0.3, 0.4) is 0 Å². The lowest BCUT2D eigenvalue weighted by molar-refractivity contribution is -0.136. The number of likely N-dealkylation sites (N-methyl/N-ethyl adjacent to an activating group) is 1. The number of benzene rings is 1. The highest BCUT2D eigenvalue weighted by molar-refractivity contribution is 6.33. The van der Waals surface area contributed by atoms with E-state index >= 15 is 0 Å². The molecular formula is C11H12Cl2N2O2. The zero-order chi connectivity index (χ0) is 12.8. The highest BCUT2D eigenvalue weighted by Gasteiger charge is 2.18. The summed E-state index contributed by atoms with van der Waals surface area (Å²) < 4.78 is 0. The molecule has 1 aromatic carbocycles. The topological polar surface area (TPSA) is 41.9 Å². The van der Waals surface area contributed by atoms with E-state index in [4.69, 9.17) is 28.0 Å². The Morgan fingerprint density at radius 3 is 2.71 bits per heavy atom. The van der Waals surface area contributed by atoms with Crippen molar-refractivity contribution in [1.29, 1.82) is 0 Å². The standard InChI is InChI=1S/C11H12Cl2N2O2/c1-15(2)11(16)10(13)17-14-7-8-5-3-4-6-9(8)12/h3-7,10H,1-2H3.